The molecule has 0 radical (unpaired) electrons. The lowest BCUT2D eigenvalue weighted by atomic mass is 10.1. The number of carbonyl (C=O) groups is 4. The van der Waals surface area contributed by atoms with Gasteiger partial charge in [0.25, 0.3) is 11.7 Å². The number of rotatable bonds is 6. The Bertz CT molecular complexity index is 555. The molecule has 1 aromatic rings. The summed E-state index contributed by atoms with van der Waals surface area (Å²) in [4.78, 5) is 48.5. The third-order valence-electron chi connectivity index (χ3n) is 2.17. The third kappa shape index (κ3) is 4.89. The van der Waals surface area contributed by atoms with Crippen molar-refractivity contribution in [2.45, 2.75) is 6.42 Å². The van der Waals surface area contributed by atoms with Crippen LogP contribution in [-0.4, -0.2) is 34.0 Å². The molecule has 2 amide bonds. The summed E-state index contributed by atoms with van der Waals surface area (Å²) >= 11 is 0. The first kappa shape index (κ1) is 16.1. The first-order valence-electron chi connectivity index (χ1n) is 5.45. The highest BCUT2D eigenvalue weighted by molar-refractivity contribution is 6.42. The zero-order valence-electron chi connectivity index (χ0n) is 10.5. The van der Waals surface area contributed by atoms with Crippen LogP contribution in [0.5, 0.6) is 0 Å². The van der Waals surface area contributed by atoms with Gasteiger partial charge in [-0.25, -0.2) is 21.2 Å². The molecule has 0 bridgehead atoms. The molecule has 0 aliphatic heterocycles. The summed E-state index contributed by atoms with van der Waals surface area (Å²) in [5.41, 5.74) is 4.97. The fourth-order valence-electron chi connectivity index (χ4n) is 1.19. The van der Waals surface area contributed by atoms with E-state index in [-0.39, 0.29) is 11.3 Å². The van der Waals surface area contributed by atoms with Gasteiger partial charge in [-0.2, -0.15) is 0 Å². The molecule has 10 heteroatoms. The van der Waals surface area contributed by atoms with E-state index in [9.17, 15) is 19.2 Å². The Morgan fingerprint density at radius 3 is 2.14 bits per heavy atom. The quantitative estimate of drug-likeness (QED) is 0.149. The summed E-state index contributed by atoms with van der Waals surface area (Å²) in [6.07, 6.45) is -0.684. The molecule has 0 aliphatic rings. The van der Waals surface area contributed by atoms with Crippen LogP contribution in [0.2, 0.25) is 0 Å². The predicted molar refractivity (Wildman–Crippen MR) is 65.0 cm³/mol. The molecule has 10 nitrogen and oxygen atoms in total. The standard InChI is InChI=1S/C11H11N3O7/c15-8(12-19)5-9(16)21-14-7-3-1-6(2-4-7)10(17)11(18)13-20/h1-4,14,19-20H,5H2,(H,12,15)(H,13,18). The third-order valence-corrected chi connectivity index (χ3v) is 2.17. The maximum absolute atomic E-state index is 11.4. The highest BCUT2D eigenvalue weighted by Gasteiger charge is 2.15. The lowest BCUT2D eigenvalue weighted by Crippen LogP contribution is -2.27. The van der Waals surface area contributed by atoms with Crippen molar-refractivity contribution in [2.75, 3.05) is 5.48 Å². The van der Waals surface area contributed by atoms with Gasteiger partial charge in [0.15, 0.2) is 0 Å². The average molecular weight is 297 g/mol. The molecule has 21 heavy (non-hydrogen) atoms. The minimum Gasteiger partial charge on any atom is -0.343 e. The van der Waals surface area contributed by atoms with E-state index in [0.29, 0.717) is 0 Å². The molecular formula is C11H11N3O7. The molecular weight excluding hydrogens is 286 g/mol. The van der Waals surface area contributed by atoms with E-state index in [0.717, 1.165) is 0 Å². The number of ketones is 1. The van der Waals surface area contributed by atoms with Crippen LogP contribution >= 0.6 is 0 Å². The maximum Gasteiger partial charge on any atom is 0.341 e. The molecule has 0 spiro atoms. The van der Waals surface area contributed by atoms with Gasteiger partial charge in [-0.15, -0.1) is 0 Å². The maximum atomic E-state index is 11.4. The average Bonchev–Trinajstić information content (AvgIpc) is 2.51. The molecule has 1 aromatic carbocycles. The molecule has 0 atom stereocenters. The second-order valence-corrected chi connectivity index (χ2v) is 3.64. The summed E-state index contributed by atoms with van der Waals surface area (Å²) in [6, 6.07) is 5.18. The SMILES string of the molecule is O=C(CC(=O)ONc1ccc(C(=O)C(=O)NO)cc1)NO. The molecule has 1 rings (SSSR count). The summed E-state index contributed by atoms with van der Waals surface area (Å²) in [6.45, 7) is 0. The van der Waals surface area contributed by atoms with Crippen molar-refractivity contribution in [3.05, 3.63) is 29.8 Å². The van der Waals surface area contributed by atoms with Gasteiger partial charge in [-0.1, -0.05) is 0 Å². The highest BCUT2D eigenvalue weighted by atomic mass is 16.7. The van der Waals surface area contributed by atoms with Crippen LogP contribution in [-0.2, 0) is 19.2 Å². The predicted octanol–water partition coefficient (Wildman–Crippen LogP) is -0.860. The van der Waals surface area contributed by atoms with Gasteiger partial charge >= 0.3 is 11.9 Å². The summed E-state index contributed by atoms with van der Waals surface area (Å²) in [5.74, 6) is -4.00. The molecule has 0 unspecified atom stereocenters. The van der Waals surface area contributed by atoms with Crippen LogP contribution in [0, 0.1) is 0 Å². The molecule has 0 saturated heterocycles. The Morgan fingerprint density at radius 1 is 1.00 bits per heavy atom. The number of anilines is 1. The minimum atomic E-state index is -1.18. The number of amides is 2. The van der Waals surface area contributed by atoms with Crippen LogP contribution in [0.4, 0.5) is 5.69 Å². The van der Waals surface area contributed by atoms with E-state index in [2.05, 4.69) is 10.3 Å². The number of benzene rings is 1. The zero-order chi connectivity index (χ0) is 15.8. The van der Waals surface area contributed by atoms with Crippen molar-refractivity contribution in [1.29, 1.82) is 0 Å². The summed E-state index contributed by atoms with van der Waals surface area (Å²) in [5, 5.41) is 16.5. The fraction of sp³-hybridized carbons (Fsp3) is 0.0909. The van der Waals surface area contributed by atoms with Gasteiger partial charge in [-0.3, -0.25) is 24.8 Å². The van der Waals surface area contributed by atoms with Gasteiger partial charge in [0, 0.05) is 5.56 Å². The van der Waals surface area contributed by atoms with Gasteiger partial charge in [0.2, 0.25) is 0 Å². The number of hydroxylamine groups is 2. The van der Waals surface area contributed by atoms with Crippen molar-refractivity contribution >= 4 is 29.3 Å². The molecule has 0 aliphatic carbocycles. The topological polar surface area (TPSA) is 154 Å². The van der Waals surface area contributed by atoms with Crippen LogP contribution in [0.25, 0.3) is 0 Å². The van der Waals surface area contributed by atoms with Crippen molar-refractivity contribution in [1.82, 2.24) is 11.0 Å². The number of Topliss-reactive ketones (excluding diaryl/α,β-unsaturated/α-hetero) is 1. The smallest absolute Gasteiger partial charge is 0.341 e. The van der Waals surface area contributed by atoms with Crippen molar-refractivity contribution < 1.29 is 34.4 Å². The van der Waals surface area contributed by atoms with Gasteiger partial charge in [-0.05, 0) is 24.3 Å². The Morgan fingerprint density at radius 2 is 1.62 bits per heavy atom. The molecule has 0 aromatic heterocycles. The van der Waals surface area contributed by atoms with Crippen LogP contribution in [0.3, 0.4) is 0 Å². The first-order chi connectivity index (χ1) is 9.97. The second-order valence-electron chi connectivity index (χ2n) is 3.64. The van der Waals surface area contributed by atoms with E-state index >= 15 is 0 Å². The lowest BCUT2D eigenvalue weighted by Gasteiger charge is -2.06. The normalized spacial score (nSPS) is 9.43. The van der Waals surface area contributed by atoms with E-state index < -0.39 is 30.0 Å². The summed E-state index contributed by atoms with van der Waals surface area (Å²) < 4.78 is 0. The van der Waals surface area contributed by atoms with Crippen molar-refractivity contribution in [3.8, 4) is 0 Å². The Kier molecular flexibility index (Phi) is 5.80. The van der Waals surface area contributed by atoms with Gasteiger partial charge in [0.05, 0.1) is 5.69 Å². The van der Waals surface area contributed by atoms with Gasteiger partial charge in [0.1, 0.15) is 6.42 Å². The minimum absolute atomic E-state index is 0.0121. The number of hydrogen-bond acceptors (Lipinski definition) is 8. The second kappa shape index (κ2) is 7.57. The molecule has 112 valence electrons. The molecule has 5 N–H and O–H groups in total. The fourth-order valence-corrected chi connectivity index (χ4v) is 1.19. The highest BCUT2D eigenvalue weighted by Crippen LogP contribution is 2.10. The Labute approximate surface area is 117 Å². The molecule has 0 fully saturated rings. The number of nitrogens with one attached hydrogen (secondary N) is 3. The van der Waals surface area contributed by atoms with E-state index in [1.54, 1.807) is 0 Å². The van der Waals surface area contributed by atoms with Crippen LogP contribution < -0.4 is 16.4 Å². The van der Waals surface area contributed by atoms with E-state index in [1.807, 2.05) is 0 Å². The first-order valence-corrected chi connectivity index (χ1v) is 5.45. The van der Waals surface area contributed by atoms with E-state index in [1.165, 1.54) is 35.2 Å². The number of carbonyl (C=O) groups excluding carboxylic acids is 4. The Hall–Kier alpha value is -2.98. The zero-order valence-corrected chi connectivity index (χ0v) is 10.5. The van der Waals surface area contributed by atoms with Crippen molar-refractivity contribution in [3.63, 3.8) is 0 Å². The van der Waals surface area contributed by atoms with Crippen molar-refractivity contribution in [2.24, 2.45) is 0 Å². The van der Waals surface area contributed by atoms with Crippen LogP contribution in [0.1, 0.15) is 16.8 Å². The van der Waals surface area contributed by atoms with Gasteiger partial charge < -0.3 is 4.84 Å². The monoisotopic (exact) mass is 297 g/mol. The largest absolute Gasteiger partial charge is 0.343 e. The Balaban J connectivity index is 2.55. The molecule has 0 heterocycles. The van der Waals surface area contributed by atoms with Crippen LogP contribution in [0.15, 0.2) is 24.3 Å². The summed E-state index contributed by atoms with van der Waals surface area (Å²) in [7, 11) is 0. The lowest BCUT2D eigenvalue weighted by molar-refractivity contribution is -0.146. The molecule has 0 saturated carbocycles. The van der Waals surface area contributed by atoms with E-state index in [4.69, 9.17) is 10.4 Å². The number of hydrogen-bond donors (Lipinski definition) is 5.